The van der Waals surface area contributed by atoms with E-state index in [1.54, 1.807) is 30.5 Å². The summed E-state index contributed by atoms with van der Waals surface area (Å²) >= 11 is 0. The van der Waals surface area contributed by atoms with Gasteiger partial charge in [0.05, 0.1) is 44.1 Å². The van der Waals surface area contributed by atoms with Gasteiger partial charge in [0.25, 0.3) is 0 Å². The Balaban J connectivity index is 1.61. The van der Waals surface area contributed by atoms with Gasteiger partial charge in [0.1, 0.15) is 11.5 Å². The number of esters is 2. The molecule has 0 bridgehead atoms. The van der Waals surface area contributed by atoms with E-state index in [1.807, 2.05) is 12.1 Å². The molecule has 5 rings (SSSR count). The first-order valence-corrected chi connectivity index (χ1v) is 11.2. The second kappa shape index (κ2) is 9.07. The van der Waals surface area contributed by atoms with Crippen LogP contribution in [0.1, 0.15) is 40.2 Å². The number of hydrogen-bond donors (Lipinski definition) is 1. The number of carbonyl (C=O) groups excluding carboxylic acids is 2. The van der Waals surface area contributed by atoms with E-state index < -0.39 is 17.5 Å². The number of ether oxygens (including phenoxy) is 3. The highest BCUT2D eigenvalue weighted by molar-refractivity contribution is 5.97. The molecule has 35 heavy (non-hydrogen) atoms. The summed E-state index contributed by atoms with van der Waals surface area (Å²) < 4.78 is 30.2. The van der Waals surface area contributed by atoms with Gasteiger partial charge in [-0.25, -0.2) is 9.18 Å². The van der Waals surface area contributed by atoms with Crippen molar-refractivity contribution in [2.75, 3.05) is 20.8 Å². The molecule has 1 aromatic heterocycles. The number of hydrogen-bond acceptors (Lipinski definition) is 7. The highest BCUT2D eigenvalue weighted by Crippen LogP contribution is 2.54. The van der Waals surface area contributed by atoms with Crippen LogP contribution < -0.4 is 0 Å². The molecule has 0 amide bonds. The number of methoxy groups -OCH3 is 2. The predicted octanol–water partition coefficient (Wildman–Crippen LogP) is 3.92. The Bertz CT molecular complexity index is 1290. The van der Waals surface area contributed by atoms with Crippen molar-refractivity contribution in [3.8, 4) is 11.3 Å². The Morgan fingerprint density at radius 1 is 1.14 bits per heavy atom. The Morgan fingerprint density at radius 3 is 2.63 bits per heavy atom. The van der Waals surface area contributed by atoms with Gasteiger partial charge in [0.2, 0.25) is 0 Å². The van der Waals surface area contributed by atoms with E-state index in [-0.39, 0.29) is 24.3 Å². The predicted molar refractivity (Wildman–Crippen MR) is 124 cm³/mol. The smallest absolute Gasteiger partial charge is 0.338 e. The minimum atomic E-state index is -0.802. The van der Waals surface area contributed by atoms with Crippen LogP contribution in [0, 0.1) is 11.7 Å². The van der Waals surface area contributed by atoms with Crippen LogP contribution in [0.3, 0.4) is 0 Å². The summed E-state index contributed by atoms with van der Waals surface area (Å²) in [5, 5.41) is 10.6. The number of nitrogens with zero attached hydrogens (tertiary/aromatic N) is 2. The third-order valence-corrected chi connectivity index (χ3v) is 6.90. The van der Waals surface area contributed by atoms with Gasteiger partial charge in [-0.3, -0.25) is 4.79 Å². The van der Waals surface area contributed by atoms with Gasteiger partial charge in [-0.15, -0.1) is 0 Å². The third-order valence-electron chi connectivity index (χ3n) is 6.90. The molecule has 9 heteroatoms. The van der Waals surface area contributed by atoms with E-state index >= 15 is 0 Å². The lowest BCUT2D eigenvalue weighted by atomic mass is 9.79. The second-order valence-electron chi connectivity index (χ2n) is 8.72. The van der Waals surface area contributed by atoms with Gasteiger partial charge in [-0.1, -0.05) is 18.2 Å². The molecular formula is C26H24FN3O5. The van der Waals surface area contributed by atoms with E-state index in [0.29, 0.717) is 29.7 Å². The molecule has 2 heterocycles. The zero-order valence-electron chi connectivity index (χ0n) is 19.3. The monoisotopic (exact) mass is 477 g/mol. The topological polar surface area (TPSA) is 103 Å². The van der Waals surface area contributed by atoms with Crippen molar-refractivity contribution < 1.29 is 28.2 Å². The fourth-order valence-electron chi connectivity index (χ4n) is 5.30. The largest absolute Gasteiger partial charge is 0.469 e. The number of rotatable bonds is 5. The lowest BCUT2D eigenvalue weighted by molar-refractivity contribution is -0.146. The average Bonchev–Trinajstić information content (AvgIpc) is 3.64. The SMILES string of the molecule is COC(=O)c1ccc(-c2cn[nH]n2)cc1C1=CC2(CCC(C(=O)OC)C2c2ccc(F)cc2)OC1. The quantitative estimate of drug-likeness (QED) is 0.556. The number of aromatic nitrogens is 3. The number of carbonyl (C=O) groups is 2. The zero-order valence-corrected chi connectivity index (χ0v) is 19.3. The minimum Gasteiger partial charge on any atom is -0.469 e. The zero-order chi connectivity index (χ0) is 24.6. The number of aromatic amines is 1. The molecule has 0 radical (unpaired) electrons. The molecule has 3 aromatic rings. The number of H-pyrrole nitrogens is 1. The molecule has 3 unspecified atom stereocenters. The van der Waals surface area contributed by atoms with Crippen molar-refractivity contribution in [1.29, 1.82) is 0 Å². The van der Waals surface area contributed by atoms with Crippen LogP contribution in [0.25, 0.3) is 16.8 Å². The van der Waals surface area contributed by atoms with E-state index in [0.717, 1.165) is 16.7 Å². The van der Waals surface area contributed by atoms with E-state index in [1.165, 1.54) is 26.4 Å². The van der Waals surface area contributed by atoms with Crippen LogP contribution in [0.4, 0.5) is 4.39 Å². The molecule has 1 spiro atoms. The number of halogens is 1. The van der Waals surface area contributed by atoms with Crippen molar-refractivity contribution in [2.24, 2.45) is 5.92 Å². The molecule has 1 N–H and O–H groups in total. The summed E-state index contributed by atoms with van der Waals surface area (Å²) in [5.74, 6) is -1.96. The first-order chi connectivity index (χ1) is 17.0. The van der Waals surface area contributed by atoms with Crippen LogP contribution in [-0.4, -0.2) is 53.8 Å². The van der Waals surface area contributed by atoms with Crippen molar-refractivity contribution >= 4 is 17.5 Å². The standard InChI is InChI=1S/C26H24FN3O5/c1-33-24(31)19-8-5-16(22-13-28-30-29-22)11-21(19)17-12-26(35-14-17)10-9-20(25(32)34-2)23(26)15-3-6-18(27)7-4-15/h3-8,11-13,20,23H,9-10,14H2,1-2H3,(H,28,29,30). The van der Waals surface area contributed by atoms with Crippen LogP contribution in [0.2, 0.25) is 0 Å². The van der Waals surface area contributed by atoms with E-state index in [9.17, 15) is 14.0 Å². The maximum atomic E-state index is 13.7. The molecule has 1 saturated carbocycles. The maximum Gasteiger partial charge on any atom is 0.338 e. The Labute approximate surface area is 201 Å². The summed E-state index contributed by atoms with van der Waals surface area (Å²) in [5.41, 5.74) is 3.25. The van der Waals surface area contributed by atoms with Gasteiger partial charge in [-0.2, -0.15) is 15.4 Å². The van der Waals surface area contributed by atoms with Gasteiger partial charge >= 0.3 is 11.9 Å². The van der Waals surface area contributed by atoms with Crippen molar-refractivity contribution in [2.45, 2.75) is 24.4 Å². The minimum absolute atomic E-state index is 0.234. The molecule has 1 fully saturated rings. The van der Waals surface area contributed by atoms with Crippen LogP contribution in [-0.2, 0) is 19.0 Å². The van der Waals surface area contributed by atoms with Crippen molar-refractivity contribution in [3.63, 3.8) is 0 Å². The van der Waals surface area contributed by atoms with E-state index in [4.69, 9.17) is 14.2 Å². The fraction of sp³-hybridized carbons (Fsp3) is 0.308. The summed E-state index contributed by atoms with van der Waals surface area (Å²) in [6.07, 6.45) is 4.73. The van der Waals surface area contributed by atoms with Gasteiger partial charge in [0, 0.05) is 11.5 Å². The summed E-state index contributed by atoms with van der Waals surface area (Å²) in [6, 6.07) is 11.5. The molecule has 1 aliphatic carbocycles. The second-order valence-corrected chi connectivity index (χ2v) is 8.72. The van der Waals surface area contributed by atoms with Gasteiger partial charge in [-0.05, 0) is 59.9 Å². The van der Waals surface area contributed by atoms with Crippen LogP contribution >= 0.6 is 0 Å². The molecule has 0 saturated heterocycles. The Kier molecular flexibility index (Phi) is 5.94. The lowest BCUT2D eigenvalue weighted by Gasteiger charge is -2.31. The molecule has 3 atom stereocenters. The van der Waals surface area contributed by atoms with Crippen LogP contribution in [0.5, 0.6) is 0 Å². The highest BCUT2D eigenvalue weighted by atomic mass is 19.1. The maximum absolute atomic E-state index is 13.7. The number of benzene rings is 2. The molecule has 2 aromatic carbocycles. The first-order valence-electron chi connectivity index (χ1n) is 11.2. The molecule has 180 valence electrons. The van der Waals surface area contributed by atoms with Crippen LogP contribution in [0.15, 0.2) is 54.7 Å². The summed E-state index contributed by atoms with van der Waals surface area (Å²) in [4.78, 5) is 25.2. The normalized spacial score (nSPS) is 23.3. The van der Waals surface area contributed by atoms with Crippen molar-refractivity contribution in [3.05, 3.63) is 77.2 Å². The fourth-order valence-corrected chi connectivity index (χ4v) is 5.30. The number of nitrogens with one attached hydrogen (secondary N) is 1. The van der Waals surface area contributed by atoms with Crippen molar-refractivity contribution in [1.82, 2.24) is 15.4 Å². The molecule has 1 aliphatic heterocycles. The Morgan fingerprint density at radius 2 is 1.94 bits per heavy atom. The Hall–Kier alpha value is -3.85. The lowest BCUT2D eigenvalue weighted by Crippen LogP contribution is -2.34. The first kappa shape index (κ1) is 22.9. The molecule has 8 nitrogen and oxygen atoms in total. The third kappa shape index (κ3) is 4.01. The molecular weight excluding hydrogens is 453 g/mol. The van der Waals surface area contributed by atoms with E-state index in [2.05, 4.69) is 15.4 Å². The van der Waals surface area contributed by atoms with Gasteiger partial charge < -0.3 is 14.2 Å². The average molecular weight is 477 g/mol. The molecule has 2 aliphatic rings. The van der Waals surface area contributed by atoms with Gasteiger partial charge in [0.15, 0.2) is 0 Å². The highest BCUT2D eigenvalue weighted by Gasteiger charge is 2.54. The summed E-state index contributed by atoms with van der Waals surface area (Å²) in [6.45, 7) is 0.234. The summed E-state index contributed by atoms with van der Waals surface area (Å²) in [7, 11) is 2.70.